The van der Waals surface area contributed by atoms with E-state index in [1.165, 1.54) is 0 Å². The smallest absolute Gasteiger partial charge is 0.290 e. The number of aliphatic hydroxyl groups is 1. The maximum atomic E-state index is 12.3. The zero-order chi connectivity index (χ0) is 18.8. The first-order chi connectivity index (χ1) is 13.1. The summed E-state index contributed by atoms with van der Waals surface area (Å²) in [4.78, 5) is 12.3. The predicted octanol–water partition coefficient (Wildman–Crippen LogP) is 2.80. The van der Waals surface area contributed by atoms with Crippen LogP contribution in [0.25, 0.3) is 11.3 Å². The second-order valence-corrected chi connectivity index (χ2v) is 7.09. The lowest BCUT2D eigenvalue weighted by molar-refractivity contribution is 0.0842. The lowest BCUT2D eigenvalue weighted by Crippen LogP contribution is -2.45. The summed E-state index contributed by atoms with van der Waals surface area (Å²) < 4.78 is 7.05. The molecule has 1 aromatic carbocycles. The van der Waals surface area contributed by atoms with E-state index in [1.54, 1.807) is 13.0 Å². The summed E-state index contributed by atoms with van der Waals surface area (Å²) in [7, 11) is 0. The molecule has 27 heavy (non-hydrogen) atoms. The number of carbonyl (C=O) groups is 1. The van der Waals surface area contributed by atoms with Gasteiger partial charge in [0.1, 0.15) is 5.69 Å². The number of hydrogen-bond acceptors (Lipinski definition) is 5. The third-order valence-corrected chi connectivity index (χ3v) is 4.91. The molecular formula is C20H22N4O3. The molecule has 1 atom stereocenters. The highest BCUT2D eigenvalue weighted by Gasteiger charge is 2.31. The Morgan fingerprint density at radius 1 is 1.33 bits per heavy atom. The van der Waals surface area contributed by atoms with Crippen LogP contribution in [0.1, 0.15) is 42.1 Å². The second-order valence-electron chi connectivity index (χ2n) is 7.09. The van der Waals surface area contributed by atoms with Gasteiger partial charge in [0.15, 0.2) is 0 Å². The summed E-state index contributed by atoms with van der Waals surface area (Å²) >= 11 is 0. The number of carbonyl (C=O) groups excluding carboxylic acids is 1. The first-order valence-corrected chi connectivity index (χ1v) is 9.13. The highest BCUT2D eigenvalue weighted by atomic mass is 16.5. The maximum absolute atomic E-state index is 12.3. The molecule has 140 valence electrons. The molecule has 4 rings (SSSR count). The van der Waals surface area contributed by atoms with Crippen molar-refractivity contribution in [2.75, 3.05) is 0 Å². The normalized spacial score (nSPS) is 20.1. The van der Waals surface area contributed by atoms with E-state index >= 15 is 0 Å². The fourth-order valence-corrected chi connectivity index (χ4v) is 3.35. The van der Waals surface area contributed by atoms with Crippen molar-refractivity contribution in [3.8, 4) is 11.3 Å². The number of aliphatic hydroxyl groups excluding tert-OH is 1. The first-order valence-electron chi connectivity index (χ1n) is 9.13. The van der Waals surface area contributed by atoms with Gasteiger partial charge < -0.3 is 14.9 Å². The quantitative estimate of drug-likeness (QED) is 0.700. The molecule has 0 aliphatic heterocycles. The first kappa shape index (κ1) is 17.5. The van der Waals surface area contributed by atoms with Crippen LogP contribution >= 0.6 is 0 Å². The average molecular weight is 366 g/mol. The number of rotatable bonds is 6. The van der Waals surface area contributed by atoms with Gasteiger partial charge in [0, 0.05) is 30.4 Å². The van der Waals surface area contributed by atoms with Crippen molar-refractivity contribution in [2.45, 2.75) is 38.5 Å². The molecule has 0 radical (unpaired) electrons. The molecule has 1 amide bonds. The molecule has 2 heterocycles. The van der Waals surface area contributed by atoms with Crippen LogP contribution in [0, 0.1) is 5.92 Å². The van der Waals surface area contributed by atoms with Crippen LogP contribution in [0.15, 0.2) is 53.2 Å². The summed E-state index contributed by atoms with van der Waals surface area (Å²) in [6, 6.07) is 13.3. The van der Waals surface area contributed by atoms with E-state index in [0.717, 1.165) is 24.9 Å². The summed E-state index contributed by atoms with van der Waals surface area (Å²) in [5, 5.41) is 20.9. The average Bonchev–Trinajstić information content (AvgIpc) is 3.30. The van der Waals surface area contributed by atoms with Crippen LogP contribution in [0.4, 0.5) is 0 Å². The Balaban J connectivity index is 1.27. The number of nitrogens with zero attached hydrogens (tertiary/aromatic N) is 3. The van der Waals surface area contributed by atoms with Gasteiger partial charge in [-0.1, -0.05) is 35.5 Å². The third kappa shape index (κ3) is 3.93. The zero-order valence-corrected chi connectivity index (χ0v) is 15.1. The van der Waals surface area contributed by atoms with Gasteiger partial charge in [-0.25, -0.2) is 0 Å². The molecule has 0 bridgehead atoms. The van der Waals surface area contributed by atoms with E-state index < -0.39 is 6.10 Å². The van der Waals surface area contributed by atoms with Gasteiger partial charge in [0.05, 0.1) is 11.8 Å². The molecule has 7 heteroatoms. The number of amides is 1. The van der Waals surface area contributed by atoms with Crippen molar-refractivity contribution in [1.29, 1.82) is 0 Å². The van der Waals surface area contributed by atoms with Crippen LogP contribution < -0.4 is 5.32 Å². The molecule has 1 fully saturated rings. The Hall–Kier alpha value is -2.93. The van der Waals surface area contributed by atoms with Crippen LogP contribution in [0.3, 0.4) is 0 Å². The summed E-state index contributed by atoms with van der Waals surface area (Å²) in [5.74, 6) is 0.459. The predicted molar refractivity (Wildman–Crippen MR) is 98.8 cm³/mol. The van der Waals surface area contributed by atoms with Crippen molar-refractivity contribution in [3.05, 3.63) is 60.1 Å². The van der Waals surface area contributed by atoms with Crippen molar-refractivity contribution < 1.29 is 14.4 Å². The molecule has 2 aromatic heterocycles. The maximum Gasteiger partial charge on any atom is 0.290 e. The molecule has 1 aliphatic carbocycles. The topological polar surface area (TPSA) is 93.2 Å². The van der Waals surface area contributed by atoms with Crippen LogP contribution in [-0.2, 0) is 6.54 Å². The largest absolute Gasteiger partial charge is 0.387 e. The SMILES string of the molecule is C[C@H](O)c1ccn(CC2CC(NC(=O)c3cc(-c4ccccc4)no3)C2)n1. The second kappa shape index (κ2) is 7.36. The number of hydrogen-bond donors (Lipinski definition) is 2. The van der Waals surface area contributed by atoms with Gasteiger partial charge in [-0.3, -0.25) is 9.48 Å². The minimum absolute atomic E-state index is 0.138. The fraction of sp³-hybridized carbons (Fsp3) is 0.350. The molecule has 0 saturated heterocycles. The van der Waals surface area contributed by atoms with Gasteiger partial charge in [-0.05, 0) is 31.7 Å². The molecule has 0 spiro atoms. The minimum Gasteiger partial charge on any atom is -0.387 e. The summed E-state index contributed by atoms with van der Waals surface area (Å²) in [5.41, 5.74) is 2.25. The lowest BCUT2D eigenvalue weighted by Gasteiger charge is -2.35. The minimum atomic E-state index is -0.553. The van der Waals surface area contributed by atoms with E-state index in [4.69, 9.17) is 4.52 Å². The van der Waals surface area contributed by atoms with E-state index in [-0.39, 0.29) is 17.7 Å². The number of benzene rings is 1. The number of nitrogens with one attached hydrogen (secondary N) is 1. The van der Waals surface area contributed by atoms with Gasteiger partial charge in [0.2, 0.25) is 5.76 Å². The standard InChI is InChI=1S/C20H22N4O3/c1-13(25)17-7-8-24(22-17)12-14-9-16(10-14)21-20(26)19-11-18(23-27-19)15-5-3-2-4-6-15/h2-8,11,13-14,16,25H,9-10,12H2,1H3,(H,21,26)/t13-,14?,16?/m0/s1. The molecule has 1 aliphatic rings. The summed E-state index contributed by atoms with van der Waals surface area (Å²) in [6.07, 6.45) is 3.13. The highest BCUT2D eigenvalue weighted by Crippen LogP contribution is 2.29. The van der Waals surface area contributed by atoms with Gasteiger partial charge in [-0.2, -0.15) is 5.10 Å². The Morgan fingerprint density at radius 3 is 2.81 bits per heavy atom. The Morgan fingerprint density at radius 2 is 2.11 bits per heavy atom. The third-order valence-electron chi connectivity index (χ3n) is 4.91. The highest BCUT2D eigenvalue weighted by molar-refractivity contribution is 5.92. The lowest BCUT2D eigenvalue weighted by atomic mass is 9.80. The fourth-order valence-electron chi connectivity index (χ4n) is 3.35. The molecule has 0 unspecified atom stereocenters. The van der Waals surface area contributed by atoms with E-state index in [2.05, 4.69) is 15.6 Å². The zero-order valence-electron chi connectivity index (χ0n) is 15.1. The van der Waals surface area contributed by atoms with Crippen LogP contribution in [0.2, 0.25) is 0 Å². The van der Waals surface area contributed by atoms with Crippen LogP contribution in [0.5, 0.6) is 0 Å². The monoisotopic (exact) mass is 366 g/mol. The number of aromatic nitrogens is 3. The summed E-state index contributed by atoms with van der Waals surface area (Å²) in [6.45, 7) is 2.49. The van der Waals surface area contributed by atoms with E-state index in [1.807, 2.05) is 47.3 Å². The van der Waals surface area contributed by atoms with Crippen molar-refractivity contribution in [2.24, 2.45) is 5.92 Å². The Bertz CT molecular complexity index is 910. The van der Waals surface area contributed by atoms with Crippen molar-refractivity contribution >= 4 is 5.91 Å². The van der Waals surface area contributed by atoms with E-state index in [9.17, 15) is 9.90 Å². The molecule has 3 aromatic rings. The van der Waals surface area contributed by atoms with Gasteiger partial charge >= 0.3 is 0 Å². The Labute approximate surface area is 157 Å². The van der Waals surface area contributed by atoms with Gasteiger partial charge in [0.25, 0.3) is 5.91 Å². The van der Waals surface area contributed by atoms with Gasteiger partial charge in [-0.15, -0.1) is 0 Å². The van der Waals surface area contributed by atoms with Crippen LogP contribution in [-0.4, -0.2) is 32.0 Å². The molecule has 2 N–H and O–H groups in total. The Kier molecular flexibility index (Phi) is 4.77. The molecule has 1 saturated carbocycles. The van der Waals surface area contributed by atoms with Crippen molar-refractivity contribution in [3.63, 3.8) is 0 Å². The van der Waals surface area contributed by atoms with E-state index in [0.29, 0.717) is 17.3 Å². The molecule has 7 nitrogen and oxygen atoms in total. The molecular weight excluding hydrogens is 344 g/mol. The van der Waals surface area contributed by atoms with Crippen molar-refractivity contribution in [1.82, 2.24) is 20.3 Å².